The molecule has 1 amide bonds. The SMILES string of the molecule is CCCCCCCCC(CCCCCC)COC(=O)CCCC(=O)OCC(C)(C)[C@@H](OC(=O)CCCC(=O)OCC(CCCCCC)OC(=O)CCCCC1CCSS1)C(=O)NCCC(=O)OCCN1CCCCC1. The molecule has 0 aromatic heterocycles. The van der Waals surface area contributed by atoms with E-state index in [1.807, 2.05) is 21.6 Å². The molecule has 0 aliphatic carbocycles. The van der Waals surface area contributed by atoms with Crippen LogP contribution in [0.2, 0.25) is 0 Å². The summed E-state index contributed by atoms with van der Waals surface area (Å²) in [5.74, 6) is -2.14. The first-order valence-electron chi connectivity index (χ1n) is 29.6. The zero-order chi connectivity index (χ0) is 54.8. The number of nitrogens with one attached hydrogen (secondary N) is 1. The minimum Gasteiger partial charge on any atom is -0.465 e. The monoisotopic (exact) mass is 1100 g/mol. The number of esters is 6. The predicted octanol–water partition coefficient (Wildman–Crippen LogP) is 12.4. The van der Waals surface area contributed by atoms with Crippen LogP contribution < -0.4 is 5.32 Å². The van der Waals surface area contributed by atoms with E-state index in [1.165, 1.54) is 70.0 Å². The first-order chi connectivity index (χ1) is 36.3. The minimum atomic E-state index is -1.43. The molecule has 0 spiro atoms. The topological polar surface area (TPSA) is 190 Å². The van der Waals surface area contributed by atoms with Gasteiger partial charge >= 0.3 is 35.8 Å². The largest absolute Gasteiger partial charge is 0.465 e. The van der Waals surface area contributed by atoms with Crippen molar-refractivity contribution < 1.29 is 62.0 Å². The van der Waals surface area contributed by atoms with E-state index in [1.54, 1.807) is 13.8 Å². The minimum absolute atomic E-state index is 0.0445. The molecule has 75 heavy (non-hydrogen) atoms. The number of likely N-dealkylation sites (tertiary alicyclic amines) is 1. The highest BCUT2D eigenvalue weighted by molar-refractivity contribution is 8.77. The van der Waals surface area contributed by atoms with E-state index in [0.29, 0.717) is 37.2 Å². The molecule has 2 rings (SSSR count). The number of unbranched alkanes of at least 4 members (excludes halogenated alkanes) is 12. The average Bonchev–Trinajstić information content (AvgIpc) is 3.92. The molecule has 2 heterocycles. The van der Waals surface area contributed by atoms with Gasteiger partial charge < -0.3 is 33.7 Å². The maximum absolute atomic E-state index is 13.7. The molecule has 17 heteroatoms. The lowest BCUT2D eigenvalue weighted by Crippen LogP contribution is -2.49. The van der Waals surface area contributed by atoms with Crippen molar-refractivity contribution in [3.63, 3.8) is 0 Å². The summed E-state index contributed by atoms with van der Waals surface area (Å²) in [5, 5.41) is 3.35. The van der Waals surface area contributed by atoms with Crippen LogP contribution in [0.15, 0.2) is 0 Å². The summed E-state index contributed by atoms with van der Waals surface area (Å²) in [5.41, 5.74) is -1.22. The molecule has 4 atom stereocenters. The Hall–Kier alpha value is -3.05. The summed E-state index contributed by atoms with van der Waals surface area (Å²) in [4.78, 5) is 93.3. The fourth-order valence-electron chi connectivity index (χ4n) is 9.20. The molecule has 2 aliphatic rings. The second-order valence-corrected chi connectivity index (χ2v) is 24.4. The summed E-state index contributed by atoms with van der Waals surface area (Å²) in [6, 6.07) is 0. The number of amides is 1. The van der Waals surface area contributed by atoms with Gasteiger partial charge in [0.25, 0.3) is 5.91 Å². The summed E-state index contributed by atoms with van der Waals surface area (Å²) in [6.07, 6.45) is 24.4. The molecule has 1 N–H and O–H groups in total. The van der Waals surface area contributed by atoms with E-state index in [9.17, 15) is 33.6 Å². The van der Waals surface area contributed by atoms with Crippen LogP contribution >= 0.6 is 21.6 Å². The number of nitrogens with zero attached hydrogens (tertiary/aromatic N) is 1. The smallest absolute Gasteiger partial charge is 0.307 e. The molecular formula is C58H102N2O13S2. The van der Waals surface area contributed by atoms with Crippen LogP contribution in [0.25, 0.3) is 0 Å². The van der Waals surface area contributed by atoms with Gasteiger partial charge in [-0.1, -0.05) is 153 Å². The Kier molecular flexibility index (Phi) is 39.8. The highest BCUT2D eigenvalue weighted by atomic mass is 33.1. The fourth-order valence-corrected chi connectivity index (χ4v) is 12.2. The maximum atomic E-state index is 13.7. The Morgan fingerprint density at radius 2 is 1.09 bits per heavy atom. The molecule has 2 saturated heterocycles. The van der Waals surface area contributed by atoms with Gasteiger partial charge in [0, 0.05) is 61.6 Å². The molecule has 0 aromatic carbocycles. The third kappa shape index (κ3) is 35.9. The lowest BCUT2D eigenvalue weighted by atomic mass is 9.86. The maximum Gasteiger partial charge on any atom is 0.307 e. The van der Waals surface area contributed by atoms with Gasteiger partial charge in [-0.05, 0) is 89.6 Å². The van der Waals surface area contributed by atoms with Gasteiger partial charge in [-0.3, -0.25) is 38.5 Å². The lowest BCUT2D eigenvalue weighted by molar-refractivity contribution is -0.169. The fraction of sp³-hybridized carbons (Fsp3) is 0.879. The van der Waals surface area contributed by atoms with E-state index in [4.69, 9.17) is 28.4 Å². The summed E-state index contributed by atoms with van der Waals surface area (Å²) in [7, 11) is 3.85. The molecule has 2 fully saturated rings. The predicted molar refractivity (Wildman–Crippen MR) is 299 cm³/mol. The molecule has 434 valence electrons. The number of hydrogen-bond acceptors (Lipinski definition) is 16. The normalized spacial score (nSPS) is 16.1. The van der Waals surface area contributed by atoms with E-state index in [-0.39, 0.29) is 83.2 Å². The quantitative estimate of drug-likeness (QED) is 0.0262. The summed E-state index contributed by atoms with van der Waals surface area (Å²) >= 11 is 0. The molecule has 2 aliphatic heterocycles. The van der Waals surface area contributed by atoms with Gasteiger partial charge in [0.1, 0.15) is 25.9 Å². The standard InChI is InChI=1S/C58H102N2O13S2/c1-6-9-12-15-16-19-28-47(27-18-13-10-7-2)44-69-50(61)32-25-34-52(63)71-46-58(4,5)56(57(67)59-38-36-53(64)68-42-41-60-39-23-17-24-40-60)73-55(66)35-26-33-51(62)70-45-48(29-20-14-11-8-3)72-54(65)31-22-21-30-49-37-43-74-75-49/h47-49,56H,6-46H2,1-5H3,(H,59,67)/t47?,48?,49?,56-/m0/s1. The average molecular weight is 1100 g/mol. The molecule has 3 unspecified atom stereocenters. The molecule has 0 bridgehead atoms. The van der Waals surface area contributed by atoms with Crippen molar-refractivity contribution in [2.45, 2.75) is 258 Å². The number of hydrogen-bond donors (Lipinski definition) is 1. The first-order valence-corrected chi connectivity index (χ1v) is 31.9. The molecule has 0 saturated carbocycles. The van der Waals surface area contributed by atoms with Crippen molar-refractivity contribution in [2.24, 2.45) is 11.3 Å². The number of rotatable bonds is 46. The number of ether oxygens (including phenoxy) is 6. The Bertz CT molecular complexity index is 1570. The van der Waals surface area contributed by atoms with Gasteiger partial charge in [0.15, 0.2) is 6.10 Å². The van der Waals surface area contributed by atoms with E-state index in [0.717, 1.165) is 96.6 Å². The van der Waals surface area contributed by atoms with Crippen molar-refractivity contribution in [3.05, 3.63) is 0 Å². The number of piperidine rings is 1. The number of carbonyl (C=O) groups excluding carboxylic acids is 7. The van der Waals surface area contributed by atoms with Crippen molar-refractivity contribution in [1.29, 1.82) is 0 Å². The van der Waals surface area contributed by atoms with Crippen LogP contribution in [0.3, 0.4) is 0 Å². The van der Waals surface area contributed by atoms with Crippen LogP contribution in [0.5, 0.6) is 0 Å². The van der Waals surface area contributed by atoms with Crippen molar-refractivity contribution in [1.82, 2.24) is 10.2 Å². The van der Waals surface area contributed by atoms with E-state index < -0.39 is 47.4 Å². The van der Waals surface area contributed by atoms with Crippen LogP contribution in [0.4, 0.5) is 0 Å². The molecule has 0 aromatic rings. The Balaban J connectivity index is 1.92. The second kappa shape index (κ2) is 43.9. The van der Waals surface area contributed by atoms with Crippen molar-refractivity contribution in [3.8, 4) is 0 Å². The molecule has 0 radical (unpaired) electrons. The van der Waals surface area contributed by atoms with Crippen LogP contribution in [-0.4, -0.2) is 122 Å². The molecular weight excluding hydrogens is 997 g/mol. The van der Waals surface area contributed by atoms with Crippen LogP contribution in [0, 0.1) is 11.3 Å². The Morgan fingerprint density at radius 1 is 0.560 bits per heavy atom. The third-order valence-corrected chi connectivity index (χ3v) is 17.0. The molecule has 15 nitrogen and oxygen atoms in total. The Labute approximate surface area is 460 Å². The van der Waals surface area contributed by atoms with Gasteiger partial charge in [0.05, 0.1) is 13.0 Å². The van der Waals surface area contributed by atoms with Crippen LogP contribution in [-0.2, 0) is 62.0 Å². The van der Waals surface area contributed by atoms with Crippen molar-refractivity contribution in [2.75, 3.05) is 58.4 Å². The number of carbonyl (C=O) groups is 7. The highest BCUT2D eigenvalue weighted by Gasteiger charge is 2.40. The zero-order valence-electron chi connectivity index (χ0n) is 47.4. The lowest BCUT2D eigenvalue weighted by Gasteiger charge is -2.32. The first kappa shape index (κ1) is 68.1. The summed E-state index contributed by atoms with van der Waals surface area (Å²) < 4.78 is 33.8. The van der Waals surface area contributed by atoms with E-state index in [2.05, 4.69) is 31.0 Å². The van der Waals surface area contributed by atoms with Crippen LogP contribution in [0.1, 0.15) is 240 Å². The highest BCUT2D eigenvalue weighted by Crippen LogP contribution is 2.40. The van der Waals surface area contributed by atoms with Gasteiger partial charge in [-0.25, -0.2) is 0 Å². The van der Waals surface area contributed by atoms with Crippen molar-refractivity contribution >= 4 is 63.3 Å². The zero-order valence-corrected chi connectivity index (χ0v) is 49.0. The summed E-state index contributed by atoms with van der Waals surface area (Å²) in [6.45, 7) is 12.6. The van der Waals surface area contributed by atoms with Gasteiger partial charge in [0.2, 0.25) is 0 Å². The Morgan fingerprint density at radius 3 is 1.72 bits per heavy atom. The van der Waals surface area contributed by atoms with Gasteiger partial charge in [-0.2, -0.15) is 0 Å². The second-order valence-electron chi connectivity index (χ2n) is 21.6. The third-order valence-electron chi connectivity index (χ3n) is 14.0. The van der Waals surface area contributed by atoms with Gasteiger partial charge in [-0.15, -0.1) is 0 Å². The van der Waals surface area contributed by atoms with E-state index >= 15 is 0 Å².